The summed E-state index contributed by atoms with van der Waals surface area (Å²) < 4.78 is 16.5. The lowest BCUT2D eigenvalue weighted by atomic mass is 10.0. The van der Waals surface area contributed by atoms with E-state index in [1.54, 1.807) is 6.92 Å². The maximum atomic E-state index is 12.2. The summed E-state index contributed by atoms with van der Waals surface area (Å²) in [6, 6.07) is 3.76. The highest BCUT2D eigenvalue weighted by Gasteiger charge is 2.23. The number of rotatable bonds is 6. The fourth-order valence-electron chi connectivity index (χ4n) is 3.26. The molecule has 1 aromatic carbocycles. The molecule has 1 aromatic heterocycles. The molecule has 1 unspecified atom stereocenters. The van der Waals surface area contributed by atoms with Gasteiger partial charge in [0, 0.05) is 16.5 Å². The van der Waals surface area contributed by atoms with Crippen molar-refractivity contribution in [3.8, 4) is 5.75 Å². The smallest absolute Gasteiger partial charge is 0.347 e. The van der Waals surface area contributed by atoms with Gasteiger partial charge in [-0.2, -0.15) is 0 Å². The first-order chi connectivity index (χ1) is 12.0. The molecule has 0 radical (unpaired) electrons. The Hall–Kier alpha value is -2.30. The topological polar surface area (TPSA) is 65.7 Å². The van der Waals surface area contributed by atoms with Crippen LogP contribution in [-0.4, -0.2) is 18.7 Å². The van der Waals surface area contributed by atoms with Gasteiger partial charge in [-0.1, -0.05) is 13.3 Å². The lowest BCUT2D eigenvalue weighted by molar-refractivity contribution is -0.151. The average molecular weight is 344 g/mol. The Bertz CT molecular complexity index is 849. The molecule has 1 heterocycles. The van der Waals surface area contributed by atoms with Crippen LogP contribution >= 0.6 is 0 Å². The van der Waals surface area contributed by atoms with Gasteiger partial charge in [0.25, 0.3) is 0 Å². The van der Waals surface area contributed by atoms with Crippen molar-refractivity contribution in [2.45, 2.75) is 59.0 Å². The van der Waals surface area contributed by atoms with Gasteiger partial charge in [-0.15, -0.1) is 0 Å². The lowest BCUT2D eigenvalue weighted by Gasteiger charge is -2.16. The zero-order valence-corrected chi connectivity index (χ0v) is 15.0. The number of fused-ring (bicyclic) bond motifs is 3. The summed E-state index contributed by atoms with van der Waals surface area (Å²) in [7, 11) is 0. The van der Waals surface area contributed by atoms with Crippen LogP contribution in [-0.2, 0) is 22.4 Å². The van der Waals surface area contributed by atoms with Crippen LogP contribution in [0.15, 0.2) is 21.3 Å². The number of hydrogen-bond acceptors (Lipinski definition) is 5. The van der Waals surface area contributed by atoms with Gasteiger partial charge in [0.2, 0.25) is 0 Å². The minimum absolute atomic E-state index is 0.257. The van der Waals surface area contributed by atoms with Crippen LogP contribution in [0.2, 0.25) is 0 Å². The second-order valence-electron chi connectivity index (χ2n) is 6.55. The summed E-state index contributed by atoms with van der Waals surface area (Å²) in [5, 5.41) is 0.968. The van der Waals surface area contributed by atoms with E-state index in [9.17, 15) is 9.59 Å². The highest BCUT2D eigenvalue weighted by Crippen LogP contribution is 2.33. The van der Waals surface area contributed by atoms with Gasteiger partial charge >= 0.3 is 11.6 Å². The molecule has 0 bridgehead atoms. The van der Waals surface area contributed by atoms with Gasteiger partial charge in [-0.3, -0.25) is 0 Å². The minimum Gasteiger partial charge on any atom is -0.479 e. The van der Waals surface area contributed by atoms with E-state index in [0.29, 0.717) is 17.9 Å². The number of benzene rings is 1. The monoisotopic (exact) mass is 344 g/mol. The number of carbonyl (C=O) groups is 1. The van der Waals surface area contributed by atoms with Crippen molar-refractivity contribution in [2.75, 3.05) is 6.61 Å². The molecule has 0 aliphatic heterocycles. The van der Waals surface area contributed by atoms with Crippen LogP contribution in [0, 0.1) is 6.92 Å². The number of esters is 1. The Kier molecular flexibility index (Phi) is 5.11. The molecule has 0 fully saturated rings. The SMILES string of the molecule is CCCCOC(=O)C(C)Oc1ccc2c3c(c(=O)oc2c1C)CCC3. The molecule has 0 saturated carbocycles. The fraction of sp³-hybridized carbons (Fsp3) is 0.500. The van der Waals surface area contributed by atoms with E-state index in [0.717, 1.165) is 54.2 Å². The van der Waals surface area contributed by atoms with Gasteiger partial charge in [-0.05, 0) is 57.2 Å². The third-order valence-electron chi connectivity index (χ3n) is 4.72. The summed E-state index contributed by atoms with van der Waals surface area (Å²) in [5.74, 6) is 0.150. The van der Waals surface area contributed by atoms with Gasteiger partial charge in [0.05, 0.1) is 6.61 Å². The van der Waals surface area contributed by atoms with Gasteiger partial charge in [-0.25, -0.2) is 9.59 Å². The van der Waals surface area contributed by atoms with E-state index >= 15 is 0 Å². The molecule has 0 spiro atoms. The maximum Gasteiger partial charge on any atom is 0.347 e. The first-order valence-electron chi connectivity index (χ1n) is 8.94. The molecule has 1 aliphatic carbocycles. The van der Waals surface area contributed by atoms with Crippen LogP contribution in [0.3, 0.4) is 0 Å². The predicted octanol–water partition coefficient (Wildman–Crippen LogP) is 3.70. The summed E-state index contributed by atoms with van der Waals surface area (Å²) in [4.78, 5) is 24.2. The highest BCUT2D eigenvalue weighted by atomic mass is 16.6. The van der Waals surface area contributed by atoms with Crippen LogP contribution in [0.5, 0.6) is 5.75 Å². The van der Waals surface area contributed by atoms with E-state index in [1.807, 2.05) is 26.0 Å². The van der Waals surface area contributed by atoms with E-state index in [4.69, 9.17) is 13.9 Å². The summed E-state index contributed by atoms with van der Waals surface area (Å²) in [5.41, 5.74) is 2.92. The second kappa shape index (κ2) is 7.30. The number of aryl methyl sites for hydroxylation is 2. The molecule has 2 aromatic rings. The largest absolute Gasteiger partial charge is 0.479 e. The third-order valence-corrected chi connectivity index (χ3v) is 4.72. The molecule has 25 heavy (non-hydrogen) atoms. The minimum atomic E-state index is -0.714. The zero-order valence-electron chi connectivity index (χ0n) is 15.0. The molecule has 5 nitrogen and oxygen atoms in total. The summed E-state index contributed by atoms with van der Waals surface area (Å²) in [6.45, 7) is 5.95. The fourth-order valence-corrected chi connectivity index (χ4v) is 3.26. The molecule has 134 valence electrons. The number of hydrogen-bond donors (Lipinski definition) is 0. The molecular weight excluding hydrogens is 320 g/mol. The van der Waals surface area contributed by atoms with Crippen molar-refractivity contribution < 1.29 is 18.7 Å². The number of unbranched alkanes of at least 4 members (excludes halogenated alkanes) is 1. The quantitative estimate of drug-likeness (QED) is 0.454. The molecule has 0 amide bonds. The Balaban J connectivity index is 1.86. The van der Waals surface area contributed by atoms with Crippen molar-refractivity contribution >= 4 is 16.9 Å². The van der Waals surface area contributed by atoms with Crippen molar-refractivity contribution in [3.05, 3.63) is 39.2 Å². The Labute approximate surface area is 146 Å². The van der Waals surface area contributed by atoms with Crippen molar-refractivity contribution in [1.29, 1.82) is 0 Å². The highest BCUT2D eigenvalue weighted by molar-refractivity contribution is 5.86. The Morgan fingerprint density at radius 2 is 2.04 bits per heavy atom. The summed E-state index contributed by atoms with van der Waals surface area (Å²) >= 11 is 0. The van der Waals surface area contributed by atoms with E-state index < -0.39 is 6.10 Å². The van der Waals surface area contributed by atoms with Crippen LogP contribution < -0.4 is 10.4 Å². The van der Waals surface area contributed by atoms with Crippen molar-refractivity contribution in [2.24, 2.45) is 0 Å². The van der Waals surface area contributed by atoms with E-state index in [-0.39, 0.29) is 11.6 Å². The Morgan fingerprint density at radius 1 is 1.28 bits per heavy atom. The number of carbonyl (C=O) groups excluding carboxylic acids is 1. The van der Waals surface area contributed by atoms with Gasteiger partial charge < -0.3 is 13.9 Å². The zero-order chi connectivity index (χ0) is 18.0. The first kappa shape index (κ1) is 17.5. The maximum absolute atomic E-state index is 12.2. The van der Waals surface area contributed by atoms with Crippen molar-refractivity contribution in [1.82, 2.24) is 0 Å². The normalized spacial score (nSPS) is 14.4. The van der Waals surface area contributed by atoms with Crippen LogP contribution in [0.25, 0.3) is 11.0 Å². The van der Waals surface area contributed by atoms with E-state index in [1.165, 1.54) is 0 Å². The standard InChI is InChI=1S/C20H24O5/c1-4-5-11-23-19(21)13(3)24-17-10-9-15-14-7-6-8-16(14)20(22)25-18(15)12(17)2/h9-10,13H,4-8,11H2,1-3H3. The molecule has 3 rings (SSSR count). The third kappa shape index (κ3) is 3.41. The van der Waals surface area contributed by atoms with Gasteiger partial charge in [0.15, 0.2) is 6.10 Å². The lowest BCUT2D eigenvalue weighted by Crippen LogP contribution is -2.26. The molecule has 0 N–H and O–H groups in total. The molecule has 0 saturated heterocycles. The molecule has 1 aliphatic rings. The number of ether oxygens (including phenoxy) is 2. The molecular formula is C20H24O5. The van der Waals surface area contributed by atoms with Gasteiger partial charge in [0.1, 0.15) is 11.3 Å². The Morgan fingerprint density at radius 3 is 2.80 bits per heavy atom. The van der Waals surface area contributed by atoms with Crippen LogP contribution in [0.1, 0.15) is 49.8 Å². The van der Waals surface area contributed by atoms with Crippen LogP contribution in [0.4, 0.5) is 0 Å². The average Bonchev–Trinajstić information content (AvgIpc) is 3.08. The van der Waals surface area contributed by atoms with Crippen molar-refractivity contribution in [3.63, 3.8) is 0 Å². The van der Waals surface area contributed by atoms with E-state index in [2.05, 4.69) is 0 Å². The second-order valence-corrected chi connectivity index (χ2v) is 6.55. The molecule has 5 heteroatoms. The molecule has 1 atom stereocenters. The first-order valence-corrected chi connectivity index (χ1v) is 8.94. The predicted molar refractivity (Wildman–Crippen MR) is 95.2 cm³/mol. The summed E-state index contributed by atoms with van der Waals surface area (Å²) in [6.07, 6.45) is 3.76.